The second-order valence-corrected chi connectivity index (χ2v) is 3.88. The van der Waals surface area contributed by atoms with Crippen molar-refractivity contribution in [1.29, 1.82) is 0 Å². The summed E-state index contributed by atoms with van der Waals surface area (Å²) in [5, 5.41) is 8.92. The van der Waals surface area contributed by atoms with Crippen molar-refractivity contribution in [2.24, 2.45) is 11.7 Å². The average Bonchev–Trinajstić information content (AvgIpc) is 2.04. The lowest BCUT2D eigenvalue weighted by Crippen LogP contribution is -2.51. The zero-order valence-electron chi connectivity index (χ0n) is 7.95. The molecule has 1 fully saturated rings. The van der Waals surface area contributed by atoms with E-state index in [4.69, 9.17) is 15.6 Å². The van der Waals surface area contributed by atoms with E-state index >= 15 is 0 Å². The fourth-order valence-corrected chi connectivity index (χ4v) is 2.00. The summed E-state index contributed by atoms with van der Waals surface area (Å²) in [6.07, 6.45) is 3.04. The van der Waals surface area contributed by atoms with Crippen molar-refractivity contribution in [2.45, 2.75) is 31.2 Å². The van der Waals surface area contributed by atoms with Gasteiger partial charge in [0.15, 0.2) is 0 Å². The molecule has 0 bridgehead atoms. The number of ether oxygens (including phenoxy) is 1. The highest BCUT2D eigenvalue weighted by atomic mass is 16.5. The van der Waals surface area contributed by atoms with E-state index in [0.717, 1.165) is 12.8 Å². The Kier molecular flexibility index (Phi) is 3.27. The number of carboxylic acids is 1. The van der Waals surface area contributed by atoms with Gasteiger partial charge in [-0.3, -0.25) is 4.79 Å². The third-order valence-corrected chi connectivity index (χ3v) is 2.72. The Morgan fingerprint density at radius 2 is 2.46 bits per heavy atom. The fourth-order valence-electron chi connectivity index (χ4n) is 2.00. The summed E-state index contributed by atoms with van der Waals surface area (Å²) in [7, 11) is 1.63. The van der Waals surface area contributed by atoms with Crippen molar-refractivity contribution in [2.75, 3.05) is 13.7 Å². The van der Waals surface area contributed by atoms with Crippen LogP contribution in [0, 0.1) is 5.92 Å². The van der Waals surface area contributed by atoms with Crippen molar-refractivity contribution in [3.63, 3.8) is 0 Å². The van der Waals surface area contributed by atoms with E-state index in [1.54, 1.807) is 7.11 Å². The van der Waals surface area contributed by atoms with Gasteiger partial charge < -0.3 is 15.6 Å². The predicted molar refractivity (Wildman–Crippen MR) is 48.4 cm³/mol. The van der Waals surface area contributed by atoms with Crippen LogP contribution in [0.3, 0.4) is 0 Å². The second-order valence-electron chi connectivity index (χ2n) is 3.88. The number of hydrogen-bond acceptors (Lipinski definition) is 3. The maximum absolute atomic E-state index is 10.9. The molecule has 0 radical (unpaired) electrons. The van der Waals surface area contributed by atoms with Gasteiger partial charge in [0.05, 0.1) is 0 Å². The van der Waals surface area contributed by atoms with E-state index in [0.29, 0.717) is 25.4 Å². The molecule has 1 saturated carbocycles. The third kappa shape index (κ3) is 2.42. The van der Waals surface area contributed by atoms with Crippen LogP contribution >= 0.6 is 0 Å². The smallest absolute Gasteiger partial charge is 0.323 e. The number of hydrogen-bond donors (Lipinski definition) is 2. The molecule has 4 nitrogen and oxygen atoms in total. The van der Waals surface area contributed by atoms with E-state index < -0.39 is 11.5 Å². The molecule has 13 heavy (non-hydrogen) atoms. The van der Waals surface area contributed by atoms with Gasteiger partial charge in [0.1, 0.15) is 5.54 Å². The van der Waals surface area contributed by atoms with Crippen LogP contribution in [0.5, 0.6) is 0 Å². The van der Waals surface area contributed by atoms with Crippen LogP contribution in [0.25, 0.3) is 0 Å². The second kappa shape index (κ2) is 4.07. The topological polar surface area (TPSA) is 72.5 Å². The van der Waals surface area contributed by atoms with Crippen LogP contribution < -0.4 is 5.73 Å². The minimum atomic E-state index is -1.01. The first-order valence-electron chi connectivity index (χ1n) is 4.60. The molecule has 4 heteroatoms. The Morgan fingerprint density at radius 3 is 3.00 bits per heavy atom. The van der Waals surface area contributed by atoms with Crippen molar-refractivity contribution >= 4 is 5.97 Å². The van der Waals surface area contributed by atoms with Gasteiger partial charge in [-0.25, -0.2) is 0 Å². The lowest BCUT2D eigenvalue weighted by molar-refractivity contribution is -0.145. The molecule has 0 saturated heterocycles. The van der Waals surface area contributed by atoms with Gasteiger partial charge in [-0.2, -0.15) is 0 Å². The molecule has 1 rings (SSSR count). The van der Waals surface area contributed by atoms with Crippen molar-refractivity contribution in [3.8, 4) is 0 Å². The largest absolute Gasteiger partial charge is 0.480 e. The quantitative estimate of drug-likeness (QED) is 0.678. The van der Waals surface area contributed by atoms with Crippen LogP contribution in [0.4, 0.5) is 0 Å². The molecule has 3 N–H and O–H groups in total. The summed E-state index contributed by atoms with van der Waals surface area (Å²) in [6.45, 7) is 0.617. The molecule has 0 aromatic rings. The van der Waals surface area contributed by atoms with E-state index in [2.05, 4.69) is 0 Å². The number of nitrogens with two attached hydrogens (primary N) is 1. The highest BCUT2D eigenvalue weighted by Crippen LogP contribution is 2.30. The molecular formula is C9H17NO3. The van der Waals surface area contributed by atoms with Gasteiger partial charge >= 0.3 is 5.97 Å². The molecule has 0 aliphatic heterocycles. The summed E-state index contributed by atoms with van der Waals surface area (Å²) in [4.78, 5) is 10.9. The Bertz CT molecular complexity index is 193. The lowest BCUT2D eigenvalue weighted by atomic mass is 9.76. The molecule has 0 heterocycles. The predicted octanol–water partition coefficient (Wildman–Crippen LogP) is 0.605. The summed E-state index contributed by atoms with van der Waals surface area (Å²) in [5.41, 5.74) is 4.75. The molecule has 2 unspecified atom stereocenters. The highest BCUT2D eigenvalue weighted by molar-refractivity contribution is 5.78. The van der Waals surface area contributed by atoms with Crippen molar-refractivity contribution in [3.05, 3.63) is 0 Å². The molecule has 2 atom stereocenters. The molecule has 0 aromatic heterocycles. The average molecular weight is 187 g/mol. The molecule has 1 aliphatic rings. The number of methoxy groups -OCH3 is 1. The minimum Gasteiger partial charge on any atom is -0.480 e. The van der Waals surface area contributed by atoms with E-state index in [9.17, 15) is 4.79 Å². The van der Waals surface area contributed by atoms with Crippen LogP contribution in [0.15, 0.2) is 0 Å². The monoisotopic (exact) mass is 187 g/mol. The molecule has 0 spiro atoms. The first-order valence-corrected chi connectivity index (χ1v) is 4.60. The standard InChI is InChI=1S/C9H17NO3/c1-13-6-7-3-2-4-9(10,5-7)8(11)12/h7H,2-6,10H2,1H3,(H,11,12). The number of rotatable bonds is 3. The summed E-state index contributed by atoms with van der Waals surface area (Å²) >= 11 is 0. The Hall–Kier alpha value is -0.610. The third-order valence-electron chi connectivity index (χ3n) is 2.72. The molecule has 1 aliphatic carbocycles. The highest BCUT2D eigenvalue weighted by Gasteiger charge is 2.39. The Balaban J connectivity index is 2.54. The zero-order chi connectivity index (χ0) is 9.90. The number of carboxylic acid groups (broad SMARTS) is 1. The van der Waals surface area contributed by atoms with E-state index in [1.807, 2.05) is 0 Å². The van der Waals surface area contributed by atoms with Gasteiger partial charge in [0.25, 0.3) is 0 Å². The number of carbonyl (C=O) groups is 1. The minimum absolute atomic E-state index is 0.305. The van der Waals surface area contributed by atoms with Gasteiger partial charge in [-0.05, 0) is 25.2 Å². The maximum Gasteiger partial charge on any atom is 0.323 e. The Morgan fingerprint density at radius 1 is 1.77 bits per heavy atom. The molecule has 0 amide bonds. The summed E-state index contributed by atoms with van der Waals surface area (Å²) < 4.78 is 5.01. The van der Waals surface area contributed by atoms with Crippen LogP contribution in [-0.2, 0) is 9.53 Å². The van der Waals surface area contributed by atoms with E-state index in [-0.39, 0.29) is 0 Å². The summed E-state index contributed by atoms with van der Waals surface area (Å²) in [5.74, 6) is -0.576. The van der Waals surface area contributed by atoms with Crippen molar-refractivity contribution < 1.29 is 14.6 Å². The number of aliphatic carboxylic acids is 1. The normalized spacial score (nSPS) is 34.5. The van der Waals surface area contributed by atoms with E-state index in [1.165, 1.54) is 0 Å². The van der Waals surface area contributed by atoms with Gasteiger partial charge in [-0.1, -0.05) is 6.42 Å². The Labute approximate surface area is 78.1 Å². The lowest BCUT2D eigenvalue weighted by Gasteiger charge is -2.34. The summed E-state index contributed by atoms with van der Waals surface area (Å²) in [6, 6.07) is 0. The first-order chi connectivity index (χ1) is 6.08. The van der Waals surface area contributed by atoms with Gasteiger partial charge in [-0.15, -0.1) is 0 Å². The maximum atomic E-state index is 10.9. The van der Waals surface area contributed by atoms with Crippen molar-refractivity contribution in [1.82, 2.24) is 0 Å². The van der Waals surface area contributed by atoms with Gasteiger partial charge in [0.2, 0.25) is 0 Å². The zero-order valence-corrected chi connectivity index (χ0v) is 7.95. The van der Waals surface area contributed by atoms with Crippen LogP contribution in [-0.4, -0.2) is 30.3 Å². The first kappa shape index (κ1) is 10.5. The fraction of sp³-hybridized carbons (Fsp3) is 0.889. The van der Waals surface area contributed by atoms with Crippen LogP contribution in [0.1, 0.15) is 25.7 Å². The molecule has 76 valence electrons. The molecule has 0 aromatic carbocycles. The van der Waals surface area contributed by atoms with Crippen LogP contribution in [0.2, 0.25) is 0 Å². The van der Waals surface area contributed by atoms with Gasteiger partial charge in [0, 0.05) is 13.7 Å². The molecular weight excluding hydrogens is 170 g/mol. The SMILES string of the molecule is COCC1CCCC(N)(C(=O)O)C1.